The molecule has 0 saturated heterocycles. The molecular formula is C19H25N. The summed E-state index contributed by atoms with van der Waals surface area (Å²) < 4.78 is 0. The normalized spacial score (nSPS) is 23.1. The van der Waals surface area contributed by atoms with Crippen molar-refractivity contribution in [3.8, 4) is 6.07 Å². The number of nitriles is 1. The van der Waals surface area contributed by atoms with Crippen LogP contribution in [0, 0.1) is 22.2 Å². The Kier molecular flexibility index (Phi) is 3.36. The van der Waals surface area contributed by atoms with Crippen LogP contribution in [0.5, 0.6) is 0 Å². The summed E-state index contributed by atoms with van der Waals surface area (Å²) in [6.45, 7) is 4.67. The topological polar surface area (TPSA) is 23.8 Å². The van der Waals surface area contributed by atoms with E-state index in [-0.39, 0.29) is 5.41 Å². The van der Waals surface area contributed by atoms with E-state index in [9.17, 15) is 5.26 Å². The van der Waals surface area contributed by atoms with E-state index in [2.05, 4.69) is 38.1 Å². The maximum absolute atomic E-state index is 9.72. The molecule has 1 fully saturated rings. The summed E-state index contributed by atoms with van der Waals surface area (Å²) in [5.41, 5.74) is 4.77. The molecule has 0 aromatic heterocycles. The first-order valence-corrected chi connectivity index (χ1v) is 8.04. The minimum absolute atomic E-state index is 0.109. The number of hydrogen-bond acceptors (Lipinski definition) is 1. The first-order chi connectivity index (χ1) is 9.52. The van der Waals surface area contributed by atoms with Gasteiger partial charge in [-0.05, 0) is 73.5 Å². The van der Waals surface area contributed by atoms with Gasteiger partial charge in [0, 0.05) is 0 Å². The summed E-state index contributed by atoms with van der Waals surface area (Å²) in [4.78, 5) is 0. The molecule has 2 aliphatic rings. The van der Waals surface area contributed by atoms with E-state index in [1.54, 1.807) is 0 Å². The molecule has 0 radical (unpaired) electrons. The molecule has 1 saturated carbocycles. The number of nitrogens with zero attached hydrogens (tertiary/aromatic N) is 1. The van der Waals surface area contributed by atoms with E-state index >= 15 is 0 Å². The van der Waals surface area contributed by atoms with Gasteiger partial charge in [-0.15, -0.1) is 0 Å². The lowest BCUT2D eigenvalue weighted by molar-refractivity contribution is 0.146. The highest BCUT2D eigenvalue weighted by atomic mass is 14.4. The van der Waals surface area contributed by atoms with Crippen LogP contribution in [0.1, 0.15) is 62.6 Å². The van der Waals surface area contributed by atoms with Crippen molar-refractivity contribution in [3.05, 3.63) is 34.9 Å². The first kappa shape index (κ1) is 13.7. The largest absolute Gasteiger partial charge is 0.198 e. The third-order valence-corrected chi connectivity index (χ3v) is 5.50. The number of aryl methyl sites for hydroxylation is 2. The lowest BCUT2D eigenvalue weighted by Gasteiger charge is -2.39. The average Bonchev–Trinajstić information content (AvgIpc) is 2.89. The molecule has 0 spiro atoms. The SMILES string of the molecule is CC1(C)CCC(C#N)(Cc2ccc3c(c2)CCC3)CC1. The van der Waals surface area contributed by atoms with Gasteiger partial charge in [-0.25, -0.2) is 0 Å². The van der Waals surface area contributed by atoms with Crippen molar-refractivity contribution in [2.45, 2.75) is 65.2 Å². The van der Waals surface area contributed by atoms with Crippen LogP contribution >= 0.6 is 0 Å². The van der Waals surface area contributed by atoms with E-state index in [4.69, 9.17) is 0 Å². The maximum atomic E-state index is 9.72. The van der Waals surface area contributed by atoms with Crippen LogP contribution < -0.4 is 0 Å². The fourth-order valence-electron chi connectivity index (χ4n) is 3.86. The molecule has 0 atom stereocenters. The Balaban J connectivity index is 1.77. The third-order valence-electron chi connectivity index (χ3n) is 5.50. The van der Waals surface area contributed by atoms with Crippen LogP contribution in [0.15, 0.2) is 18.2 Å². The molecular weight excluding hydrogens is 242 g/mol. The van der Waals surface area contributed by atoms with Gasteiger partial charge in [0.05, 0.1) is 11.5 Å². The average molecular weight is 267 g/mol. The molecule has 20 heavy (non-hydrogen) atoms. The predicted molar refractivity (Wildman–Crippen MR) is 82.5 cm³/mol. The highest BCUT2D eigenvalue weighted by molar-refractivity contribution is 5.36. The van der Waals surface area contributed by atoms with Gasteiger partial charge in [0.25, 0.3) is 0 Å². The molecule has 0 heterocycles. The zero-order valence-electron chi connectivity index (χ0n) is 12.8. The molecule has 0 unspecified atom stereocenters. The molecule has 0 aliphatic heterocycles. The summed E-state index contributed by atoms with van der Waals surface area (Å²) in [6.07, 6.45) is 9.23. The molecule has 3 rings (SSSR count). The van der Waals surface area contributed by atoms with E-state index in [1.165, 1.54) is 48.8 Å². The van der Waals surface area contributed by atoms with Crippen molar-refractivity contribution in [1.29, 1.82) is 5.26 Å². The van der Waals surface area contributed by atoms with E-state index in [1.807, 2.05) is 0 Å². The Labute approximate surface area is 123 Å². The fourth-order valence-corrected chi connectivity index (χ4v) is 3.86. The molecule has 0 N–H and O–H groups in total. The van der Waals surface area contributed by atoms with Crippen LogP contribution in [0.2, 0.25) is 0 Å². The van der Waals surface area contributed by atoms with Crippen LogP contribution in [0.3, 0.4) is 0 Å². The van der Waals surface area contributed by atoms with Crippen LogP contribution in [-0.4, -0.2) is 0 Å². The van der Waals surface area contributed by atoms with Crippen LogP contribution in [-0.2, 0) is 19.3 Å². The van der Waals surface area contributed by atoms with Gasteiger partial charge in [-0.1, -0.05) is 32.0 Å². The Morgan fingerprint density at radius 3 is 2.45 bits per heavy atom. The molecule has 2 aliphatic carbocycles. The second-order valence-electron chi connectivity index (χ2n) is 7.69. The van der Waals surface area contributed by atoms with Crippen molar-refractivity contribution in [2.24, 2.45) is 10.8 Å². The fraction of sp³-hybridized carbons (Fsp3) is 0.632. The zero-order valence-corrected chi connectivity index (χ0v) is 12.8. The summed E-state index contributed by atoms with van der Waals surface area (Å²) in [6, 6.07) is 9.62. The van der Waals surface area contributed by atoms with Gasteiger partial charge in [-0.2, -0.15) is 5.26 Å². The Bertz CT molecular complexity index is 537. The smallest absolute Gasteiger partial charge is 0.0693 e. The predicted octanol–water partition coefficient (Wildman–Crippen LogP) is 4.83. The lowest BCUT2D eigenvalue weighted by atomic mass is 9.64. The Morgan fingerprint density at radius 2 is 1.75 bits per heavy atom. The number of benzene rings is 1. The van der Waals surface area contributed by atoms with E-state index in [0.717, 1.165) is 19.3 Å². The van der Waals surface area contributed by atoms with E-state index < -0.39 is 0 Å². The molecule has 0 bridgehead atoms. The second-order valence-corrected chi connectivity index (χ2v) is 7.69. The molecule has 1 nitrogen and oxygen atoms in total. The standard InChI is InChI=1S/C19H25N/c1-18(2)8-10-19(14-20,11-9-18)13-15-6-7-16-4-3-5-17(16)12-15/h6-7,12H,3-5,8-11,13H2,1-2H3. The van der Waals surface area contributed by atoms with Crippen molar-refractivity contribution < 1.29 is 0 Å². The quantitative estimate of drug-likeness (QED) is 0.753. The van der Waals surface area contributed by atoms with Gasteiger partial charge in [0.15, 0.2) is 0 Å². The molecule has 1 aromatic carbocycles. The highest BCUT2D eigenvalue weighted by Gasteiger charge is 2.38. The van der Waals surface area contributed by atoms with E-state index in [0.29, 0.717) is 5.41 Å². The van der Waals surface area contributed by atoms with Gasteiger partial charge >= 0.3 is 0 Å². The summed E-state index contributed by atoms with van der Waals surface area (Å²) >= 11 is 0. The van der Waals surface area contributed by atoms with Crippen molar-refractivity contribution in [3.63, 3.8) is 0 Å². The van der Waals surface area contributed by atoms with Crippen LogP contribution in [0.25, 0.3) is 0 Å². The van der Waals surface area contributed by atoms with Gasteiger partial charge < -0.3 is 0 Å². The Hall–Kier alpha value is -1.29. The summed E-state index contributed by atoms with van der Waals surface area (Å²) in [5, 5.41) is 9.72. The van der Waals surface area contributed by atoms with Crippen LogP contribution in [0.4, 0.5) is 0 Å². The number of rotatable bonds is 2. The Morgan fingerprint density at radius 1 is 1.05 bits per heavy atom. The number of fused-ring (bicyclic) bond motifs is 1. The molecule has 1 heteroatoms. The third kappa shape index (κ3) is 2.62. The summed E-state index contributed by atoms with van der Waals surface area (Å²) in [7, 11) is 0. The highest BCUT2D eigenvalue weighted by Crippen LogP contribution is 2.46. The van der Waals surface area contributed by atoms with Gasteiger partial charge in [0.2, 0.25) is 0 Å². The van der Waals surface area contributed by atoms with Gasteiger partial charge in [0.1, 0.15) is 0 Å². The zero-order chi connectivity index (χ0) is 14.2. The first-order valence-electron chi connectivity index (χ1n) is 8.04. The minimum Gasteiger partial charge on any atom is -0.198 e. The van der Waals surface area contributed by atoms with Gasteiger partial charge in [-0.3, -0.25) is 0 Å². The minimum atomic E-state index is -0.109. The summed E-state index contributed by atoms with van der Waals surface area (Å²) in [5.74, 6) is 0. The lowest BCUT2D eigenvalue weighted by Crippen LogP contribution is -2.31. The van der Waals surface area contributed by atoms with Crippen molar-refractivity contribution in [1.82, 2.24) is 0 Å². The van der Waals surface area contributed by atoms with Crippen molar-refractivity contribution >= 4 is 0 Å². The molecule has 0 amide bonds. The second kappa shape index (κ2) is 4.92. The molecule has 106 valence electrons. The van der Waals surface area contributed by atoms with Crippen molar-refractivity contribution in [2.75, 3.05) is 0 Å². The number of hydrogen-bond donors (Lipinski definition) is 0. The maximum Gasteiger partial charge on any atom is 0.0693 e. The molecule has 1 aromatic rings. The monoisotopic (exact) mass is 267 g/mol.